The number of sulfonamides is 1. The molecular weight excluding hydrogens is 412 g/mol. The van der Waals surface area contributed by atoms with Crippen molar-refractivity contribution in [3.63, 3.8) is 0 Å². The highest BCUT2D eigenvalue weighted by Crippen LogP contribution is 2.19. The molecule has 2 heterocycles. The standard InChI is InChI=1S/C23H30N4O3S/c1-3-27(4-2)31(29,30)21-10-7-19(8-11-21)9-12-23(28)25-18-20-13-14-24-22(17-20)26-15-5-6-16-26/h7-14,17H,3-6,15-16,18H2,1-2H3,(H,25,28)/b12-9+. The van der Waals surface area contributed by atoms with Gasteiger partial charge in [-0.2, -0.15) is 4.31 Å². The summed E-state index contributed by atoms with van der Waals surface area (Å²) in [5, 5.41) is 2.88. The first-order chi connectivity index (χ1) is 14.9. The van der Waals surface area contributed by atoms with E-state index in [1.165, 1.54) is 23.2 Å². The van der Waals surface area contributed by atoms with Crippen LogP contribution in [0.15, 0.2) is 53.6 Å². The first-order valence-corrected chi connectivity index (χ1v) is 12.1. The van der Waals surface area contributed by atoms with Gasteiger partial charge in [0.15, 0.2) is 0 Å². The third-order valence-corrected chi connectivity index (χ3v) is 7.42. The third kappa shape index (κ3) is 5.92. The van der Waals surface area contributed by atoms with E-state index in [1.807, 2.05) is 26.0 Å². The van der Waals surface area contributed by atoms with Crippen LogP contribution in [-0.4, -0.2) is 49.8 Å². The SMILES string of the molecule is CCN(CC)S(=O)(=O)c1ccc(/C=C/C(=O)NCc2ccnc(N3CCCC3)c2)cc1. The minimum atomic E-state index is -3.48. The van der Waals surface area contributed by atoms with Gasteiger partial charge in [-0.15, -0.1) is 0 Å². The number of aromatic nitrogens is 1. The second-order valence-electron chi connectivity index (χ2n) is 7.43. The van der Waals surface area contributed by atoms with E-state index in [0.717, 1.165) is 30.0 Å². The lowest BCUT2D eigenvalue weighted by atomic mass is 10.2. The van der Waals surface area contributed by atoms with Crippen molar-refractivity contribution in [3.05, 3.63) is 59.8 Å². The molecule has 7 nitrogen and oxygen atoms in total. The van der Waals surface area contributed by atoms with Crippen LogP contribution in [0.5, 0.6) is 0 Å². The number of hydrogen-bond acceptors (Lipinski definition) is 5. The fourth-order valence-corrected chi connectivity index (χ4v) is 5.03. The van der Waals surface area contributed by atoms with Crippen LogP contribution in [0, 0.1) is 0 Å². The van der Waals surface area contributed by atoms with Gasteiger partial charge in [0.05, 0.1) is 4.90 Å². The van der Waals surface area contributed by atoms with Gasteiger partial charge in [0, 0.05) is 45.0 Å². The van der Waals surface area contributed by atoms with E-state index in [0.29, 0.717) is 19.6 Å². The monoisotopic (exact) mass is 442 g/mol. The topological polar surface area (TPSA) is 82.6 Å². The summed E-state index contributed by atoms with van der Waals surface area (Å²) < 4.78 is 26.5. The molecule has 3 rings (SSSR count). The molecule has 8 heteroatoms. The molecular formula is C23H30N4O3S. The Bertz CT molecular complexity index is 1010. The van der Waals surface area contributed by atoms with Gasteiger partial charge in [-0.05, 0) is 54.3 Å². The minimum absolute atomic E-state index is 0.209. The number of carbonyl (C=O) groups excluding carboxylic acids is 1. The van der Waals surface area contributed by atoms with Crippen LogP contribution in [0.3, 0.4) is 0 Å². The van der Waals surface area contributed by atoms with Crippen molar-refractivity contribution < 1.29 is 13.2 Å². The maximum absolute atomic E-state index is 12.5. The van der Waals surface area contributed by atoms with Crippen molar-refractivity contribution >= 4 is 27.8 Å². The fraction of sp³-hybridized carbons (Fsp3) is 0.391. The number of pyridine rings is 1. The zero-order valence-electron chi connectivity index (χ0n) is 18.1. The molecule has 0 aliphatic carbocycles. The van der Waals surface area contributed by atoms with Crippen molar-refractivity contribution in [2.45, 2.75) is 38.1 Å². The Morgan fingerprint density at radius 1 is 1.13 bits per heavy atom. The molecule has 1 aromatic carbocycles. The summed E-state index contributed by atoms with van der Waals surface area (Å²) >= 11 is 0. The summed E-state index contributed by atoms with van der Waals surface area (Å²) in [5.41, 5.74) is 1.76. The fourth-order valence-electron chi connectivity index (χ4n) is 3.57. The van der Waals surface area contributed by atoms with Crippen LogP contribution in [0.2, 0.25) is 0 Å². The van der Waals surface area contributed by atoms with Gasteiger partial charge in [-0.25, -0.2) is 13.4 Å². The number of nitrogens with zero attached hydrogens (tertiary/aromatic N) is 3. The van der Waals surface area contributed by atoms with Crippen molar-refractivity contribution in [2.24, 2.45) is 0 Å². The quantitative estimate of drug-likeness (QED) is 0.604. The van der Waals surface area contributed by atoms with Gasteiger partial charge >= 0.3 is 0 Å². The van der Waals surface area contributed by atoms with Gasteiger partial charge in [0.1, 0.15) is 5.82 Å². The first kappa shape index (κ1) is 23.0. The second-order valence-corrected chi connectivity index (χ2v) is 9.36. The highest BCUT2D eigenvalue weighted by atomic mass is 32.2. The molecule has 0 saturated carbocycles. The zero-order valence-corrected chi connectivity index (χ0v) is 18.9. The highest BCUT2D eigenvalue weighted by Gasteiger charge is 2.21. The Morgan fingerprint density at radius 3 is 2.45 bits per heavy atom. The van der Waals surface area contributed by atoms with Crippen LogP contribution >= 0.6 is 0 Å². The number of anilines is 1. The van der Waals surface area contributed by atoms with Crippen molar-refractivity contribution in [2.75, 3.05) is 31.1 Å². The molecule has 0 unspecified atom stereocenters. The van der Waals surface area contributed by atoms with E-state index in [4.69, 9.17) is 0 Å². The molecule has 1 aromatic heterocycles. The van der Waals surface area contributed by atoms with Crippen LogP contribution < -0.4 is 10.2 Å². The van der Waals surface area contributed by atoms with E-state index in [2.05, 4.69) is 15.2 Å². The smallest absolute Gasteiger partial charge is 0.244 e. The normalized spacial score (nSPS) is 14.5. The van der Waals surface area contributed by atoms with Crippen LogP contribution in [0.25, 0.3) is 6.08 Å². The van der Waals surface area contributed by atoms with E-state index in [-0.39, 0.29) is 10.8 Å². The number of amides is 1. The molecule has 0 radical (unpaired) electrons. The first-order valence-electron chi connectivity index (χ1n) is 10.7. The Balaban J connectivity index is 1.56. The molecule has 31 heavy (non-hydrogen) atoms. The Morgan fingerprint density at radius 2 is 1.81 bits per heavy atom. The minimum Gasteiger partial charge on any atom is -0.357 e. The molecule has 1 aliphatic rings. The van der Waals surface area contributed by atoms with E-state index in [1.54, 1.807) is 36.5 Å². The number of hydrogen-bond donors (Lipinski definition) is 1. The number of carbonyl (C=O) groups is 1. The van der Waals surface area contributed by atoms with Gasteiger partial charge in [-0.3, -0.25) is 4.79 Å². The zero-order chi connectivity index (χ0) is 22.3. The third-order valence-electron chi connectivity index (χ3n) is 5.36. The number of nitrogens with one attached hydrogen (secondary N) is 1. The van der Waals surface area contributed by atoms with Gasteiger partial charge < -0.3 is 10.2 Å². The predicted molar refractivity (Wildman–Crippen MR) is 123 cm³/mol. The molecule has 1 amide bonds. The average Bonchev–Trinajstić information content (AvgIpc) is 3.32. The van der Waals surface area contributed by atoms with E-state index < -0.39 is 10.0 Å². The molecule has 166 valence electrons. The lowest BCUT2D eigenvalue weighted by Crippen LogP contribution is -2.30. The van der Waals surface area contributed by atoms with Crippen LogP contribution in [-0.2, 0) is 21.4 Å². The molecule has 1 N–H and O–H groups in total. The summed E-state index contributed by atoms with van der Waals surface area (Å²) in [6.45, 7) is 6.97. The maximum Gasteiger partial charge on any atom is 0.244 e. The number of rotatable bonds is 9. The molecule has 2 aromatic rings. The molecule has 1 saturated heterocycles. The van der Waals surface area contributed by atoms with E-state index in [9.17, 15) is 13.2 Å². The highest BCUT2D eigenvalue weighted by molar-refractivity contribution is 7.89. The number of benzene rings is 1. The molecule has 0 spiro atoms. The van der Waals surface area contributed by atoms with Gasteiger partial charge in [0.2, 0.25) is 15.9 Å². The summed E-state index contributed by atoms with van der Waals surface area (Å²) in [5.74, 6) is 0.749. The largest absolute Gasteiger partial charge is 0.357 e. The Kier molecular flexibility index (Phi) is 7.81. The van der Waals surface area contributed by atoms with Crippen molar-refractivity contribution in [1.29, 1.82) is 0 Å². The van der Waals surface area contributed by atoms with Crippen molar-refractivity contribution in [1.82, 2.24) is 14.6 Å². The van der Waals surface area contributed by atoms with Crippen LogP contribution in [0.1, 0.15) is 37.8 Å². The molecule has 1 fully saturated rings. The van der Waals surface area contributed by atoms with Gasteiger partial charge in [0.25, 0.3) is 0 Å². The molecule has 0 bridgehead atoms. The van der Waals surface area contributed by atoms with Gasteiger partial charge in [-0.1, -0.05) is 26.0 Å². The summed E-state index contributed by atoms with van der Waals surface area (Å²) in [6.07, 6.45) is 7.28. The lowest BCUT2D eigenvalue weighted by molar-refractivity contribution is -0.116. The molecule has 1 aliphatic heterocycles. The van der Waals surface area contributed by atoms with E-state index >= 15 is 0 Å². The second kappa shape index (κ2) is 10.5. The average molecular weight is 443 g/mol. The van der Waals surface area contributed by atoms with Crippen LogP contribution in [0.4, 0.5) is 5.82 Å². The summed E-state index contributed by atoms with van der Waals surface area (Å²) in [4.78, 5) is 19.1. The summed E-state index contributed by atoms with van der Waals surface area (Å²) in [7, 11) is -3.48. The Labute approximate surface area is 184 Å². The molecule has 0 atom stereocenters. The maximum atomic E-state index is 12.5. The predicted octanol–water partition coefficient (Wildman–Crippen LogP) is 3.04. The Hall–Kier alpha value is -2.71. The van der Waals surface area contributed by atoms with Crippen molar-refractivity contribution in [3.8, 4) is 0 Å². The summed E-state index contributed by atoms with van der Waals surface area (Å²) in [6, 6.07) is 10.5. The lowest BCUT2D eigenvalue weighted by Gasteiger charge is -2.18.